The van der Waals surface area contributed by atoms with E-state index in [0.29, 0.717) is 26.4 Å². The molecule has 0 N–H and O–H groups in total. The zero-order valence-electron chi connectivity index (χ0n) is 14.3. The third-order valence-corrected chi connectivity index (χ3v) is 3.36. The van der Waals surface area contributed by atoms with Gasteiger partial charge in [-0.25, -0.2) is 0 Å². The number of nitrogens with zero attached hydrogens (tertiary/aromatic N) is 2. The number of hydrogen-bond donors (Lipinski definition) is 0. The summed E-state index contributed by atoms with van der Waals surface area (Å²) in [5.41, 5.74) is 4.36. The fourth-order valence-electron chi connectivity index (χ4n) is 1.92. The molecule has 0 amide bonds. The molecule has 0 heterocycles. The molecule has 0 aliphatic rings. The maximum absolute atomic E-state index is 5.48. The van der Waals surface area contributed by atoms with Crippen LogP contribution < -0.4 is 0 Å². The number of rotatable bonds is 10. The second kappa shape index (κ2) is 11.1. The van der Waals surface area contributed by atoms with Crippen LogP contribution in [0.2, 0.25) is 0 Å². The lowest BCUT2D eigenvalue weighted by atomic mass is 10.1. The van der Waals surface area contributed by atoms with Gasteiger partial charge in [-0.15, -0.1) is 0 Å². The van der Waals surface area contributed by atoms with Crippen molar-refractivity contribution < 1.29 is 9.47 Å². The van der Waals surface area contributed by atoms with Gasteiger partial charge >= 0.3 is 0 Å². The van der Waals surface area contributed by atoms with E-state index in [4.69, 9.17) is 9.47 Å². The van der Waals surface area contributed by atoms with Gasteiger partial charge in [0.05, 0.1) is 26.4 Å². The van der Waals surface area contributed by atoms with Crippen molar-refractivity contribution in [2.24, 2.45) is 9.98 Å². The Kier molecular flexibility index (Phi) is 9.35. The van der Waals surface area contributed by atoms with Crippen LogP contribution >= 0.6 is 0 Å². The first-order valence-electron chi connectivity index (χ1n) is 7.89. The third-order valence-electron chi connectivity index (χ3n) is 3.36. The van der Waals surface area contributed by atoms with Gasteiger partial charge in [0.1, 0.15) is 0 Å². The van der Waals surface area contributed by atoms with Crippen molar-refractivity contribution in [3.8, 4) is 0 Å². The molecule has 0 unspecified atom stereocenters. The highest BCUT2D eigenvalue weighted by atomic mass is 16.5. The van der Waals surface area contributed by atoms with Crippen LogP contribution in [0.15, 0.2) is 34.3 Å². The Morgan fingerprint density at radius 3 is 1.95 bits per heavy atom. The van der Waals surface area contributed by atoms with E-state index in [1.807, 2.05) is 20.9 Å². The molecule has 1 aromatic rings. The number of benzene rings is 1. The highest BCUT2D eigenvalue weighted by molar-refractivity contribution is 6.01. The maximum atomic E-state index is 5.48. The molecule has 22 heavy (non-hydrogen) atoms. The van der Waals surface area contributed by atoms with Gasteiger partial charge in [-0.3, -0.25) is 9.98 Å². The molecule has 1 rings (SSSR count). The molecule has 0 fully saturated rings. The molecule has 0 aromatic heterocycles. The molecular weight excluding hydrogens is 276 g/mol. The van der Waals surface area contributed by atoms with Gasteiger partial charge < -0.3 is 9.47 Å². The molecule has 0 saturated heterocycles. The fraction of sp³-hybridized carbons (Fsp3) is 0.556. The second-order valence-electron chi connectivity index (χ2n) is 5.08. The number of ether oxygens (including phenoxy) is 2. The van der Waals surface area contributed by atoms with E-state index < -0.39 is 0 Å². The van der Waals surface area contributed by atoms with Crippen molar-refractivity contribution in [1.82, 2.24) is 0 Å². The van der Waals surface area contributed by atoms with Gasteiger partial charge in [-0.2, -0.15) is 0 Å². The van der Waals surface area contributed by atoms with Gasteiger partial charge in [0, 0.05) is 25.1 Å². The minimum atomic E-state index is 0.631. The molecule has 0 spiro atoms. The van der Waals surface area contributed by atoms with Crippen LogP contribution in [-0.4, -0.2) is 51.4 Å². The predicted octanol–water partition coefficient (Wildman–Crippen LogP) is 3.38. The highest BCUT2D eigenvalue weighted by Crippen LogP contribution is 2.07. The first-order chi connectivity index (χ1) is 10.7. The van der Waals surface area contributed by atoms with Gasteiger partial charge in [-0.05, 0) is 31.4 Å². The summed E-state index contributed by atoms with van der Waals surface area (Å²) in [6.07, 6.45) is 1.05. The Morgan fingerprint density at radius 1 is 0.864 bits per heavy atom. The zero-order chi connectivity index (χ0) is 16.2. The van der Waals surface area contributed by atoms with E-state index in [2.05, 4.69) is 41.2 Å². The van der Waals surface area contributed by atoms with Gasteiger partial charge in [0.15, 0.2) is 0 Å². The normalized spacial score (nSPS) is 12.7. The van der Waals surface area contributed by atoms with E-state index in [9.17, 15) is 0 Å². The largest absolute Gasteiger partial charge is 0.379 e. The molecular formula is C18H28N2O2. The average molecular weight is 304 g/mol. The molecule has 0 aliphatic heterocycles. The van der Waals surface area contributed by atoms with E-state index in [0.717, 1.165) is 35.6 Å². The summed E-state index contributed by atoms with van der Waals surface area (Å²) in [6.45, 7) is 9.55. The topological polar surface area (TPSA) is 43.2 Å². The Morgan fingerprint density at radius 2 is 1.41 bits per heavy atom. The minimum absolute atomic E-state index is 0.631. The first kappa shape index (κ1) is 18.5. The lowest BCUT2D eigenvalue weighted by molar-refractivity contribution is 0.0511. The summed E-state index contributed by atoms with van der Waals surface area (Å²) >= 11 is 0. The standard InChI is InChI=1S/C18H28N2O2/c1-5-11-21-13-14-22-12-10-20-16(3)18-8-6-17(7-9-18)15(2)19-4/h6-9H,5,10-14H2,1-4H3. The lowest BCUT2D eigenvalue weighted by Crippen LogP contribution is -2.08. The summed E-state index contributed by atoms with van der Waals surface area (Å²) in [5.74, 6) is 0. The second-order valence-corrected chi connectivity index (χ2v) is 5.08. The SMILES string of the molecule is CCCOCCOCCN=C(C)c1ccc(C(C)=NC)cc1. The van der Waals surface area contributed by atoms with Crippen molar-refractivity contribution in [3.63, 3.8) is 0 Å². The van der Waals surface area contributed by atoms with Crippen molar-refractivity contribution in [2.45, 2.75) is 27.2 Å². The van der Waals surface area contributed by atoms with Crippen molar-refractivity contribution >= 4 is 11.4 Å². The molecule has 0 atom stereocenters. The minimum Gasteiger partial charge on any atom is -0.379 e. The van der Waals surface area contributed by atoms with Crippen molar-refractivity contribution in [1.29, 1.82) is 0 Å². The van der Waals surface area contributed by atoms with Crippen molar-refractivity contribution in [2.75, 3.05) is 40.0 Å². The third kappa shape index (κ3) is 6.96. The Balaban J connectivity index is 2.33. The molecule has 0 aliphatic carbocycles. The molecule has 0 saturated carbocycles. The zero-order valence-corrected chi connectivity index (χ0v) is 14.3. The van der Waals surface area contributed by atoms with Crippen LogP contribution in [0.3, 0.4) is 0 Å². The first-order valence-corrected chi connectivity index (χ1v) is 7.89. The predicted molar refractivity (Wildman–Crippen MR) is 93.6 cm³/mol. The molecule has 122 valence electrons. The van der Waals surface area contributed by atoms with Crippen LogP contribution in [0.5, 0.6) is 0 Å². The van der Waals surface area contributed by atoms with Gasteiger partial charge in [-0.1, -0.05) is 31.2 Å². The summed E-state index contributed by atoms with van der Waals surface area (Å²) in [4.78, 5) is 8.73. The molecule has 0 radical (unpaired) electrons. The van der Waals surface area contributed by atoms with E-state index in [1.165, 1.54) is 0 Å². The van der Waals surface area contributed by atoms with Crippen LogP contribution in [0.1, 0.15) is 38.3 Å². The van der Waals surface area contributed by atoms with Gasteiger partial charge in [0.2, 0.25) is 0 Å². The molecule has 4 heteroatoms. The monoisotopic (exact) mass is 304 g/mol. The van der Waals surface area contributed by atoms with Crippen molar-refractivity contribution in [3.05, 3.63) is 35.4 Å². The number of hydrogen-bond acceptors (Lipinski definition) is 4. The van der Waals surface area contributed by atoms with Crippen LogP contribution in [0.25, 0.3) is 0 Å². The van der Waals surface area contributed by atoms with E-state index in [-0.39, 0.29) is 0 Å². The fourth-order valence-corrected chi connectivity index (χ4v) is 1.92. The smallest absolute Gasteiger partial charge is 0.0701 e. The molecule has 0 bridgehead atoms. The average Bonchev–Trinajstić information content (AvgIpc) is 2.56. The van der Waals surface area contributed by atoms with E-state index >= 15 is 0 Å². The molecule has 4 nitrogen and oxygen atoms in total. The summed E-state index contributed by atoms with van der Waals surface area (Å²) in [5, 5.41) is 0. The molecule has 1 aromatic carbocycles. The van der Waals surface area contributed by atoms with Crippen LogP contribution in [-0.2, 0) is 9.47 Å². The lowest BCUT2D eigenvalue weighted by Gasteiger charge is -2.05. The quantitative estimate of drug-likeness (QED) is 0.491. The summed E-state index contributed by atoms with van der Waals surface area (Å²) < 4.78 is 10.8. The van der Waals surface area contributed by atoms with Crippen LogP contribution in [0, 0.1) is 0 Å². The summed E-state index contributed by atoms with van der Waals surface area (Å²) in [7, 11) is 1.81. The maximum Gasteiger partial charge on any atom is 0.0701 e. The number of aliphatic imine (C=N–C) groups is 2. The van der Waals surface area contributed by atoms with E-state index in [1.54, 1.807) is 0 Å². The van der Waals surface area contributed by atoms with Gasteiger partial charge in [0.25, 0.3) is 0 Å². The summed E-state index contributed by atoms with van der Waals surface area (Å²) in [6, 6.07) is 8.33. The Hall–Kier alpha value is -1.52. The Bertz CT molecular complexity index is 478. The van der Waals surface area contributed by atoms with Crippen LogP contribution in [0.4, 0.5) is 0 Å². The Labute approximate surface area is 134 Å². The highest BCUT2D eigenvalue weighted by Gasteiger charge is 2.00.